The molecule has 0 aromatic carbocycles. The summed E-state index contributed by atoms with van der Waals surface area (Å²) >= 11 is 1.80. The predicted molar refractivity (Wildman–Crippen MR) is 65.2 cm³/mol. The van der Waals surface area contributed by atoms with Crippen LogP contribution >= 0.6 is 11.8 Å². The van der Waals surface area contributed by atoms with Gasteiger partial charge in [-0.2, -0.15) is 11.8 Å². The monoisotopic (exact) mass is 226 g/mol. The largest absolute Gasteiger partial charge is 0.481 e. The Balaban J connectivity index is 2.50. The lowest BCUT2D eigenvalue weighted by Crippen LogP contribution is -2.34. The van der Waals surface area contributed by atoms with Gasteiger partial charge >= 0.3 is 0 Å². The third-order valence-electron chi connectivity index (χ3n) is 1.77. The molecule has 0 radical (unpaired) electrons. The van der Waals surface area contributed by atoms with Crippen molar-refractivity contribution in [3.63, 3.8) is 0 Å². The van der Waals surface area contributed by atoms with E-state index in [1.807, 2.05) is 26.0 Å². The molecular weight excluding hydrogens is 208 g/mol. The van der Waals surface area contributed by atoms with Crippen molar-refractivity contribution in [3.05, 3.63) is 23.9 Å². The third-order valence-corrected chi connectivity index (χ3v) is 3.24. The van der Waals surface area contributed by atoms with E-state index >= 15 is 0 Å². The highest BCUT2D eigenvalue weighted by Gasteiger charge is 2.11. The van der Waals surface area contributed by atoms with Crippen LogP contribution in [-0.2, 0) is 5.75 Å². The summed E-state index contributed by atoms with van der Waals surface area (Å²) in [5.41, 5.74) is 6.90. The maximum atomic E-state index is 5.90. The van der Waals surface area contributed by atoms with Gasteiger partial charge in [-0.1, -0.05) is 6.07 Å². The van der Waals surface area contributed by atoms with Crippen LogP contribution in [0.4, 0.5) is 0 Å². The molecule has 0 aliphatic carbocycles. The van der Waals surface area contributed by atoms with Crippen LogP contribution < -0.4 is 10.5 Å². The summed E-state index contributed by atoms with van der Waals surface area (Å²) in [7, 11) is 1.64. The number of hydrogen-bond donors (Lipinski definition) is 1. The average molecular weight is 226 g/mol. The number of aromatic nitrogens is 1. The van der Waals surface area contributed by atoms with E-state index < -0.39 is 0 Å². The lowest BCUT2D eigenvalue weighted by atomic mass is 10.1. The van der Waals surface area contributed by atoms with Crippen LogP contribution in [-0.4, -0.2) is 23.4 Å². The number of nitrogens with zero attached hydrogens (tertiary/aromatic N) is 1. The van der Waals surface area contributed by atoms with E-state index in [-0.39, 0.29) is 5.54 Å². The van der Waals surface area contributed by atoms with Crippen LogP contribution in [0.25, 0.3) is 0 Å². The minimum atomic E-state index is -0.125. The van der Waals surface area contributed by atoms with Crippen molar-refractivity contribution < 1.29 is 4.74 Å². The summed E-state index contributed by atoms with van der Waals surface area (Å²) in [6.07, 6.45) is 1.74. The van der Waals surface area contributed by atoms with Crippen molar-refractivity contribution in [1.82, 2.24) is 4.98 Å². The molecule has 3 nitrogen and oxygen atoms in total. The van der Waals surface area contributed by atoms with E-state index in [0.717, 1.165) is 17.1 Å². The van der Waals surface area contributed by atoms with E-state index in [9.17, 15) is 0 Å². The topological polar surface area (TPSA) is 48.1 Å². The SMILES string of the molecule is COc1ncccc1CSCC(C)(C)N. The molecule has 0 unspecified atom stereocenters. The molecule has 1 rings (SSSR count). The maximum absolute atomic E-state index is 5.90. The Bertz CT molecular complexity index is 310. The number of nitrogens with two attached hydrogens (primary N) is 1. The van der Waals surface area contributed by atoms with Crippen LogP contribution in [0.2, 0.25) is 0 Å². The average Bonchev–Trinajstić information content (AvgIpc) is 2.16. The fraction of sp³-hybridized carbons (Fsp3) is 0.545. The van der Waals surface area contributed by atoms with E-state index in [2.05, 4.69) is 4.98 Å². The molecule has 2 N–H and O–H groups in total. The van der Waals surface area contributed by atoms with Crippen molar-refractivity contribution in [2.24, 2.45) is 5.73 Å². The molecule has 0 saturated carbocycles. The third kappa shape index (κ3) is 4.53. The first-order valence-electron chi connectivity index (χ1n) is 4.87. The molecular formula is C11H18N2OS. The number of hydrogen-bond acceptors (Lipinski definition) is 4. The smallest absolute Gasteiger partial charge is 0.217 e. The highest BCUT2D eigenvalue weighted by Crippen LogP contribution is 2.21. The number of rotatable bonds is 5. The standard InChI is InChI=1S/C11H18N2OS/c1-11(2,12)8-15-7-9-5-4-6-13-10(9)14-3/h4-6H,7-8,12H2,1-3H3. The number of pyridine rings is 1. The van der Waals surface area contributed by atoms with Gasteiger partial charge in [-0.25, -0.2) is 4.98 Å². The molecule has 0 spiro atoms. The Morgan fingerprint density at radius 3 is 2.87 bits per heavy atom. The maximum Gasteiger partial charge on any atom is 0.217 e. The highest BCUT2D eigenvalue weighted by atomic mass is 32.2. The molecule has 0 atom stereocenters. The van der Waals surface area contributed by atoms with E-state index in [4.69, 9.17) is 10.5 Å². The van der Waals surface area contributed by atoms with Crippen LogP contribution in [0.3, 0.4) is 0 Å². The fourth-order valence-electron chi connectivity index (χ4n) is 1.14. The molecule has 0 bridgehead atoms. The molecule has 0 fully saturated rings. The predicted octanol–water partition coefficient (Wildman–Crippen LogP) is 2.06. The molecule has 0 saturated heterocycles. The van der Waals surface area contributed by atoms with Gasteiger partial charge in [-0.05, 0) is 19.9 Å². The zero-order valence-corrected chi connectivity index (χ0v) is 10.3. The summed E-state index contributed by atoms with van der Waals surface area (Å²) in [5.74, 6) is 2.52. The van der Waals surface area contributed by atoms with Gasteiger partial charge in [0.05, 0.1) is 7.11 Å². The Morgan fingerprint density at radius 2 is 2.27 bits per heavy atom. The van der Waals surface area contributed by atoms with E-state index in [1.54, 1.807) is 25.1 Å². The molecule has 1 aromatic heterocycles. The summed E-state index contributed by atoms with van der Waals surface area (Å²) in [5, 5.41) is 0. The Kier molecular flexibility index (Phi) is 4.42. The van der Waals surface area contributed by atoms with E-state index in [1.165, 1.54) is 0 Å². The normalized spacial score (nSPS) is 11.5. The zero-order chi connectivity index (χ0) is 11.3. The highest BCUT2D eigenvalue weighted by molar-refractivity contribution is 7.98. The minimum absolute atomic E-state index is 0.125. The second kappa shape index (κ2) is 5.37. The zero-order valence-electron chi connectivity index (χ0n) is 9.49. The molecule has 0 aliphatic rings. The molecule has 0 amide bonds. The van der Waals surface area contributed by atoms with Crippen LogP contribution in [0.15, 0.2) is 18.3 Å². The quantitative estimate of drug-likeness (QED) is 0.835. The molecule has 84 valence electrons. The molecule has 0 aliphatic heterocycles. The van der Waals surface area contributed by atoms with Crippen molar-refractivity contribution in [2.75, 3.05) is 12.9 Å². The molecule has 1 heterocycles. The minimum Gasteiger partial charge on any atom is -0.481 e. The lowest BCUT2D eigenvalue weighted by Gasteiger charge is -2.17. The van der Waals surface area contributed by atoms with Gasteiger partial charge in [0, 0.05) is 28.8 Å². The van der Waals surface area contributed by atoms with Gasteiger partial charge in [0.1, 0.15) is 0 Å². The van der Waals surface area contributed by atoms with Gasteiger partial charge in [0.2, 0.25) is 5.88 Å². The first-order valence-corrected chi connectivity index (χ1v) is 6.03. The van der Waals surface area contributed by atoms with Crippen LogP contribution in [0.5, 0.6) is 5.88 Å². The van der Waals surface area contributed by atoms with Crippen LogP contribution in [0.1, 0.15) is 19.4 Å². The second-order valence-electron chi connectivity index (χ2n) is 4.15. The Morgan fingerprint density at radius 1 is 1.53 bits per heavy atom. The van der Waals surface area contributed by atoms with Gasteiger partial charge in [-0.3, -0.25) is 0 Å². The second-order valence-corrected chi connectivity index (χ2v) is 5.14. The summed E-state index contributed by atoms with van der Waals surface area (Å²) in [6, 6.07) is 3.95. The summed E-state index contributed by atoms with van der Waals surface area (Å²) in [6.45, 7) is 4.06. The Labute approximate surface area is 95.4 Å². The first kappa shape index (κ1) is 12.3. The first-order chi connectivity index (χ1) is 7.03. The van der Waals surface area contributed by atoms with Gasteiger partial charge < -0.3 is 10.5 Å². The number of ether oxygens (including phenoxy) is 1. The van der Waals surface area contributed by atoms with E-state index in [0.29, 0.717) is 5.88 Å². The lowest BCUT2D eigenvalue weighted by molar-refractivity contribution is 0.394. The van der Waals surface area contributed by atoms with Gasteiger partial charge in [-0.15, -0.1) is 0 Å². The summed E-state index contributed by atoms with van der Waals surface area (Å²) in [4.78, 5) is 4.15. The van der Waals surface area contributed by atoms with Crippen molar-refractivity contribution in [1.29, 1.82) is 0 Å². The molecule has 4 heteroatoms. The Hall–Kier alpha value is -0.740. The van der Waals surface area contributed by atoms with Crippen molar-refractivity contribution in [3.8, 4) is 5.88 Å². The van der Waals surface area contributed by atoms with Gasteiger partial charge in [0.15, 0.2) is 0 Å². The molecule has 15 heavy (non-hydrogen) atoms. The van der Waals surface area contributed by atoms with Gasteiger partial charge in [0.25, 0.3) is 0 Å². The van der Waals surface area contributed by atoms with Crippen molar-refractivity contribution >= 4 is 11.8 Å². The molecule has 1 aromatic rings. The number of methoxy groups -OCH3 is 1. The van der Waals surface area contributed by atoms with Crippen molar-refractivity contribution in [2.45, 2.75) is 25.1 Å². The van der Waals surface area contributed by atoms with Crippen LogP contribution in [0, 0.1) is 0 Å². The number of thioether (sulfide) groups is 1. The fourth-order valence-corrected chi connectivity index (χ4v) is 2.21. The summed E-state index contributed by atoms with van der Waals surface area (Å²) < 4.78 is 5.17.